The van der Waals surface area contributed by atoms with Crippen molar-refractivity contribution in [3.63, 3.8) is 0 Å². The molecule has 2 unspecified atom stereocenters. The van der Waals surface area contributed by atoms with Crippen LogP contribution in [-0.2, 0) is 168 Å². The second kappa shape index (κ2) is 42.7. The van der Waals surface area contributed by atoms with E-state index in [9.17, 15) is 34.5 Å². The third-order valence-electron chi connectivity index (χ3n) is 20.0. The number of benzene rings is 6. The summed E-state index contributed by atoms with van der Waals surface area (Å²) in [4.78, 5) is 73.6. The first kappa shape index (κ1) is 86.1. The van der Waals surface area contributed by atoms with Crippen LogP contribution in [0.5, 0.6) is 11.3 Å². The first-order valence-electron chi connectivity index (χ1n) is 35.4. The van der Waals surface area contributed by atoms with Crippen LogP contribution in [0.15, 0.2) is 190 Å². The van der Waals surface area contributed by atoms with Crippen molar-refractivity contribution in [3.8, 4) is 22.4 Å². The Bertz CT molecular complexity index is 4340. The molecule has 16 rings (SSSR count). The van der Waals surface area contributed by atoms with Crippen molar-refractivity contribution in [2.75, 3.05) is 45.2 Å². The molecule has 4 aromatic heterocycles. The molecule has 26 heteroatoms. The molecule has 6 atom stereocenters. The Hall–Kier alpha value is -4.87. The average molecular weight is 1800 g/mol. The van der Waals surface area contributed by atoms with Crippen molar-refractivity contribution in [1.82, 2.24) is 19.9 Å². The van der Waals surface area contributed by atoms with Gasteiger partial charge in [-0.15, -0.1) is 0 Å². The van der Waals surface area contributed by atoms with E-state index >= 15 is 0 Å². The minimum atomic E-state index is -0.700. The van der Waals surface area contributed by atoms with E-state index in [0.29, 0.717) is 56.4 Å². The number of aryl methyl sites for hydroxylation is 2. The fourth-order valence-corrected chi connectivity index (χ4v) is 16.5. The van der Waals surface area contributed by atoms with Gasteiger partial charge in [0.2, 0.25) is 29.7 Å². The monoisotopic (exact) mass is 1790 g/mol. The van der Waals surface area contributed by atoms with Crippen LogP contribution in [0.1, 0.15) is 149 Å². The molecule has 107 heavy (non-hydrogen) atoms. The topological polar surface area (TPSA) is 238 Å². The van der Waals surface area contributed by atoms with Crippen molar-refractivity contribution in [1.29, 1.82) is 0 Å². The van der Waals surface area contributed by atoms with Crippen molar-refractivity contribution in [2.45, 2.75) is 162 Å². The number of amides is 4. The van der Waals surface area contributed by atoms with Gasteiger partial charge >= 0.3 is 0 Å². The Kier molecular flexibility index (Phi) is 34.3. The van der Waals surface area contributed by atoms with Gasteiger partial charge < -0.3 is 84.5 Å². The van der Waals surface area contributed by atoms with E-state index in [2.05, 4.69) is 91.8 Å². The Balaban J connectivity index is 0.000000163. The van der Waals surface area contributed by atoms with Gasteiger partial charge in [-0.25, -0.2) is 0 Å². The standard InChI is InChI=1S/C22H21N2O2S2.C22H21N2O2.C19H21N2O3S.C18H19N2O4.4Y/c25-20-10-9-18(11-13-27-22-23-12-14-28-22)24(20)19-8-4-7-17(15-19)21(26)16-5-2-1-3-6-16;25-22-14-13-19(7-4-8-21-23-15-16-26-21)24(22)20-11-9-18(10-12-20)17-5-2-1-3-6-17;22-13-19(8-9-19)14-1-3-15(4-2-14)21-16(5-6-17(21)23)7-11-24-18-20-10-12-25-18;21-16-5-1-12-11-14(2-4-15(12)16)20-13(3-6-17(20)22)7-9-23-18-19-8-10-24-18;;;;/h1-8,12,15,18,21,26H,9-11,13H2;1-3,5-6,9-12,15,19H,4,7-8,13-14H2;1-4,10,16,22H,5-9,11,13H2;2,4,8,11,13,16,21H,1,3,5-7,9H2;;;;/q4*-1;;;;/t18-,21?;19-;16-;13-,16?;;;;/m0100..../s1. The molecule has 6 aromatic carbocycles. The Morgan fingerprint density at radius 3 is 1.65 bits per heavy atom. The first-order chi connectivity index (χ1) is 50.5. The Labute approximate surface area is 738 Å². The van der Waals surface area contributed by atoms with Gasteiger partial charge in [-0.3, -0.25) is 30.5 Å². The van der Waals surface area contributed by atoms with E-state index in [4.69, 9.17) is 18.3 Å². The molecule has 0 bridgehead atoms. The molecule has 0 spiro atoms. The molecule has 10 aromatic rings. The van der Waals surface area contributed by atoms with Crippen LogP contribution in [0.2, 0.25) is 0 Å². The molecule has 3 N–H and O–H groups in total. The van der Waals surface area contributed by atoms with Gasteiger partial charge in [-0.2, -0.15) is 22.5 Å². The second-order valence-electron chi connectivity index (χ2n) is 26.5. The molecular weight excluding hydrogens is 1710 g/mol. The molecule has 4 amide bonds. The average Bonchev–Trinajstić information content (AvgIpc) is 1.63. The summed E-state index contributed by atoms with van der Waals surface area (Å²) < 4.78 is 22.2. The normalized spacial score (nSPS) is 19.0. The number of anilines is 4. The van der Waals surface area contributed by atoms with Crippen LogP contribution in [0.4, 0.5) is 22.7 Å². The van der Waals surface area contributed by atoms with Gasteiger partial charge in [-0.05, 0) is 181 Å². The minimum Gasteiger partial charge on any atom is -0.630 e. The predicted octanol–water partition coefficient (Wildman–Crippen LogP) is 14.7. The number of oxazole rings is 2. The van der Waals surface area contributed by atoms with E-state index in [1.807, 2.05) is 123 Å². The molecule has 4 aliphatic heterocycles. The number of ether oxygens (including phenoxy) is 2. The van der Waals surface area contributed by atoms with Gasteiger partial charge in [-0.1, -0.05) is 134 Å². The number of hydrogen-bond donors (Lipinski definition) is 3. The molecule has 8 heterocycles. The van der Waals surface area contributed by atoms with Crippen LogP contribution >= 0.6 is 34.4 Å². The number of aromatic nitrogens is 4. The SMILES string of the molecule is O=C1CC[C@@H](CCCc2nc[c-]o2)N1c1ccc(-c2ccccc2)cc1.O=C1CC[C@@H](CCOc2nc[c-]o2)N1c1ccc2c(c1)CCC2O.O=C1CC[C@@H](CCOc2nc[c-]s2)N1c1ccc(C2(CO)CC2)cc1.O=C1CC[C@@H](CCSc2nc[c-]s2)N1c1cccc(C(O)c2ccccc2)c1.[Y].[Y].[Y].[Y]. The molecular formula is C81H82N8O11S3Y4-4. The molecule has 6 aliphatic rings. The van der Waals surface area contributed by atoms with Crippen LogP contribution in [-0.4, -0.2) is 109 Å². The van der Waals surface area contributed by atoms with E-state index in [1.165, 1.54) is 40.0 Å². The molecule has 1 saturated carbocycles. The maximum Gasteiger partial charge on any atom is 0.227 e. The van der Waals surface area contributed by atoms with Gasteiger partial charge in [0.05, 0.1) is 25.9 Å². The number of rotatable bonds is 25. The predicted molar refractivity (Wildman–Crippen MR) is 396 cm³/mol. The number of hydrogen-bond acceptors (Lipinski definition) is 18. The van der Waals surface area contributed by atoms with E-state index < -0.39 is 6.10 Å². The van der Waals surface area contributed by atoms with Gasteiger partial charge in [0.15, 0.2) is 0 Å². The summed E-state index contributed by atoms with van der Waals surface area (Å²) in [6.45, 7) is 1.18. The summed E-state index contributed by atoms with van der Waals surface area (Å²) in [5.41, 5.74) is 11.0. The second-order valence-corrected chi connectivity index (χ2v) is 29.4. The molecule has 4 saturated heterocycles. The van der Waals surface area contributed by atoms with Crippen molar-refractivity contribution in [3.05, 3.63) is 233 Å². The first-order valence-corrected chi connectivity index (χ1v) is 38.0. The number of nitrogens with zero attached hydrogens (tertiary/aromatic N) is 8. The quantitative estimate of drug-likeness (QED) is 0.0356. The maximum absolute atomic E-state index is 12.6. The Morgan fingerprint density at radius 2 is 1.07 bits per heavy atom. The molecule has 4 radical (unpaired) electrons. The molecule has 2 aliphatic carbocycles. The van der Waals surface area contributed by atoms with Crippen LogP contribution < -0.4 is 29.1 Å². The van der Waals surface area contributed by atoms with Crippen molar-refractivity contribution < 1.29 is 184 Å². The van der Waals surface area contributed by atoms with Gasteiger partial charge in [0.1, 0.15) is 11.3 Å². The number of aliphatic hydroxyl groups excluding tert-OH is 3. The number of aliphatic hydroxyl groups is 3. The maximum atomic E-state index is 12.6. The Morgan fingerprint density at radius 1 is 0.533 bits per heavy atom. The molecule has 5 fully saturated rings. The number of fused-ring (bicyclic) bond motifs is 1. The summed E-state index contributed by atoms with van der Waals surface area (Å²) in [6, 6.07) is 50.7. The summed E-state index contributed by atoms with van der Waals surface area (Å²) in [6.07, 6.45) is 25.1. The third-order valence-corrected chi connectivity index (χ3v) is 22.5. The number of carbonyl (C=O) groups excluding carboxylic acids is 4. The third kappa shape index (κ3) is 22.7. The summed E-state index contributed by atoms with van der Waals surface area (Å²) in [7, 11) is 0. The number of thioether (sulfide) groups is 1. The van der Waals surface area contributed by atoms with Gasteiger partial charge in [0.25, 0.3) is 0 Å². The zero-order valence-electron chi connectivity index (χ0n) is 59.5. The summed E-state index contributed by atoms with van der Waals surface area (Å²) in [5, 5.41) is 36.7. The zero-order chi connectivity index (χ0) is 70.9. The van der Waals surface area contributed by atoms with Gasteiger partial charge in [0, 0.05) is 228 Å². The summed E-state index contributed by atoms with van der Waals surface area (Å²) >= 11 is 4.60. The van der Waals surface area contributed by atoms with Crippen molar-refractivity contribution in [2.24, 2.45) is 0 Å². The van der Waals surface area contributed by atoms with E-state index in [0.717, 1.165) is 144 Å². The molecule has 19 nitrogen and oxygen atoms in total. The summed E-state index contributed by atoms with van der Waals surface area (Å²) in [5.74, 6) is 2.32. The number of carbonyl (C=O) groups is 4. The fraction of sp³-hybridized carbons (Fsp3) is 0.358. The zero-order valence-corrected chi connectivity index (χ0v) is 73.3. The fourth-order valence-electron chi connectivity index (χ4n) is 14.4. The van der Waals surface area contributed by atoms with Crippen LogP contribution in [0, 0.1) is 23.3 Å². The molecule has 546 valence electrons. The van der Waals surface area contributed by atoms with Crippen LogP contribution in [0.3, 0.4) is 0 Å². The smallest absolute Gasteiger partial charge is 0.227 e. The van der Waals surface area contributed by atoms with Crippen LogP contribution in [0.25, 0.3) is 11.1 Å². The largest absolute Gasteiger partial charge is 0.630 e. The van der Waals surface area contributed by atoms with E-state index in [1.54, 1.807) is 30.4 Å². The minimum absolute atomic E-state index is 0. The van der Waals surface area contributed by atoms with Crippen molar-refractivity contribution >= 4 is 80.8 Å². The number of thiazole rings is 2. The van der Waals surface area contributed by atoms with E-state index in [-0.39, 0.29) is 203 Å².